The van der Waals surface area contributed by atoms with Crippen LogP contribution in [0.4, 0.5) is 5.69 Å². The number of anilines is 1. The van der Waals surface area contributed by atoms with Gasteiger partial charge < -0.3 is 18.7 Å². The summed E-state index contributed by atoms with van der Waals surface area (Å²) in [5.41, 5.74) is 5.46. The van der Waals surface area contributed by atoms with Crippen molar-refractivity contribution in [2.24, 2.45) is 7.05 Å². The molecule has 2 fully saturated rings. The number of fused-ring (bicyclic) bond motifs is 1. The van der Waals surface area contributed by atoms with Gasteiger partial charge in [0.1, 0.15) is 11.5 Å². The van der Waals surface area contributed by atoms with E-state index in [1.54, 1.807) is 0 Å². The summed E-state index contributed by atoms with van der Waals surface area (Å²) in [7, 11) is 3.38. The van der Waals surface area contributed by atoms with Crippen LogP contribution in [0.15, 0.2) is 47.1 Å². The summed E-state index contributed by atoms with van der Waals surface area (Å²) in [6, 6.07) is 12.2. The zero-order valence-corrected chi connectivity index (χ0v) is 23.9. The predicted molar refractivity (Wildman–Crippen MR) is 155 cm³/mol. The van der Waals surface area contributed by atoms with Crippen LogP contribution in [-0.2, 0) is 18.2 Å². The molecule has 0 N–H and O–H groups in total. The number of carbonyl (C=O) groups is 1. The molecule has 3 heterocycles. The molecular weight excluding hydrogens is 535 g/mol. The van der Waals surface area contributed by atoms with E-state index in [0.717, 1.165) is 84.6 Å². The van der Waals surface area contributed by atoms with Gasteiger partial charge in [0.15, 0.2) is 0 Å². The SMILES string of the molecule is COC(=O)c1cn(C)c2cc(N3CCN(CCc4c(-c5c(Cl)cccc5Cl)noc4C4CC4)CC3C)ccc12. The fourth-order valence-corrected chi connectivity index (χ4v) is 6.44. The lowest BCUT2D eigenvalue weighted by Gasteiger charge is -2.41. The molecule has 0 amide bonds. The van der Waals surface area contributed by atoms with Crippen molar-refractivity contribution in [3.05, 3.63) is 69.5 Å². The smallest absolute Gasteiger partial charge is 0.340 e. The maximum Gasteiger partial charge on any atom is 0.340 e. The average Bonchev–Trinajstić information content (AvgIpc) is 3.61. The number of benzene rings is 2. The first kappa shape index (κ1) is 26.2. The number of halogens is 2. The van der Waals surface area contributed by atoms with Gasteiger partial charge in [-0.1, -0.05) is 34.4 Å². The number of ether oxygens (including phenoxy) is 1. The van der Waals surface area contributed by atoms with Crippen LogP contribution in [-0.4, -0.2) is 59.9 Å². The van der Waals surface area contributed by atoms with E-state index < -0.39 is 0 Å². The van der Waals surface area contributed by atoms with E-state index in [0.29, 0.717) is 27.6 Å². The molecule has 1 atom stereocenters. The highest BCUT2D eigenvalue weighted by atomic mass is 35.5. The quantitative estimate of drug-likeness (QED) is 0.236. The normalized spacial score (nSPS) is 18.2. The molecule has 0 bridgehead atoms. The Balaban J connectivity index is 1.17. The third kappa shape index (κ3) is 4.92. The number of carbonyl (C=O) groups excluding carboxylic acids is 1. The molecule has 2 aromatic heterocycles. The van der Waals surface area contributed by atoms with Gasteiger partial charge in [0.2, 0.25) is 0 Å². The van der Waals surface area contributed by atoms with Crippen molar-refractivity contribution < 1.29 is 14.1 Å². The largest absolute Gasteiger partial charge is 0.465 e. The average molecular weight is 568 g/mol. The number of esters is 1. The third-order valence-corrected chi connectivity index (χ3v) is 8.70. The highest BCUT2D eigenvalue weighted by Crippen LogP contribution is 2.46. The topological polar surface area (TPSA) is 63.7 Å². The van der Waals surface area contributed by atoms with E-state index in [2.05, 4.69) is 34.0 Å². The molecular formula is C30H32Cl2N4O3. The van der Waals surface area contributed by atoms with Gasteiger partial charge in [-0.15, -0.1) is 0 Å². The maximum absolute atomic E-state index is 12.2. The molecule has 1 aliphatic heterocycles. The second kappa shape index (κ2) is 10.5. The number of methoxy groups -OCH3 is 1. The number of hydrogen-bond donors (Lipinski definition) is 0. The van der Waals surface area contributed by atoms with Crippen molar-refractivity contribution in [2.75, 3.05) is 38.2 Å². The van der Waals surface area contributed by atoms with E-state index >= 15 is 0 Å². The molecule has 2 aromatic carbocycles. The van der Waals surface area contributed by atoms with E-state index in [1.807, 2.05) is 42.1 Å². The summed E-state index contributed by atoms with van der Waals surface area (Å²) in [5, 5.41) is 6.55. The van der Waals surface area contributed by atoms with Gasteiger partial charge in [-0.05, 0) is 56.5 Å². The molecule has 4 aromatic rings. The van der Waals surface area contributed by atoms with E-state index in [9.17, 15) is 4.79 Å². The summed E-state index contributed by atoms with van der Waals surface area (Å²) in [4.78, 5) is 17.1. The zero-order valence-electron chi connectivity index (χ0n) is 22.4. The zero-order chi connectivity index (χ0) is 27.3. The fraction of sp³-hybridized carbons (Fsp3) is 0.400. The fourth-order valence-electron chi connectivity index (χ4n) is 5.86. The summed E-state index contributed by atoms with van der Waals surface area (Å²) in [6.07, 6.45) is 4.96. The van der Waals surface area contributed by atoms with Crippen LogP contribution >= 0.6 is 23.2 Å². The summed E-state index contributed by atoms with van der Waals surface area (Å²) >= 11 is 13.1. The minimum Gasteiger partial charge on any atom is -0.465 e. The molecule has 1 saturated heterocycles. The number of aromatic nitrogens is 2. The van der Waals surface area contributed by atoms with Crippen LogP contribution in [0.5, 0.6) is 0 Å². The van der Waals surface area contributed by atoms with Crippen molar-refractivity contribution in [3.8, 4) is 11.3 Å². The molecule has 1 saturated carbocycles. The molecule has 0 spiro atoms. The standard InChI is InChI=1S/C30H32Cl2N4O3/c1-18-16-35(13-14-36(18)20-9-10-21-23(30(37)38-3)17-34(2)26(21)15-20)12-11-22-28(33-39-29(22)19-7-8-19)27-24(31)5-4-6-25(27)32/h4-6,9-10,15,17-19H,7-8,11-14,16H2,1-3H3. The van der Waals surface area contributed by atoms with Crippen molar-refractivity contribution in [1.29, 1.82) is 0 Å². The number of rotatable bonds is 7. The van der Waals surface area contributed by atoms with Gasteiger partial charge >= 0.3 is 5.97 Å². The first-order valence-corrected chi connectivity index (χ1v) is 14.2. The predicted octanol–water partition coefficient (Wildman–Crippen LogP) is 6.56. The summed E-state index contributed by atoms with van der Waals surface area (Å²) in [5.74, 6) is 1.13. The first-order valence-electron chi connectivity index (χ1n) is 13.4. The Morgan fingerprint density at radius 2 is 1.92 bits per heavy atom. The Morgan fingerprint density at radius 3 is 2.62 bits per heavy atom. The Kier molecular flexibility index (Phi) is 7.08. The molecule has 204 valence electrons. The van der Waals surface area contributed by atoms with E-state index in [-0.39, 0.29) is 5.97 Å². The molecule has 1 unspecified atom stereocenters. The van der Waals surface area contributed by atoms with Gasteiger partial charge in [0, 0.05) is 73.6 Å². The van der Waals surface area contributed by atoms with Gasteiger partial charge in [-0.25, -0.2) is 4.79 Å². The Bertz CT molecular complexity index is 1520. The van der Waals surface area contributed by atoms with Crippen molar-refractivity contribution in [3.63, 3.8) is 0 Å². The lowest BCUT2D eigenvalue weighted by Crippen LogP contribution is -2.52. The van der Waals surface area contributed by atoms with E-state index in [4.69, 9.17) is 32.5 Å². The van der Waals surface area contributed by atoms with Crippen LogP contribution in [0.2, 0.25) is 10.0 Å². The minimum atomic E-state index is -0.312. The third-order valence-electron chi connectivity index (χ3n) is 8.07. The summed E-state index contributed by atoms with van der Waals surface area (Å²) < 4.78 is 12.8. The monoisotopic (exact) mass is 566 g/mol. The molecule has 39 heavy (non-hydrogen) atoms. The molecule has 2 aliphatic rings. The van der Waals surface area contributed by atoms with Gasteiger partial charge in [-0.3, -0.25) is 4.90 Å². The van der Waals surface area contributed by atoms with Crippen LogP contribution in [0.25, 0.3) is 22.2 Å². The Labute approximate surface area is 238 Å². The maximum atomic E-state index is 12.2. The number of nitrogens with zero attached hydrogens (tertiary/aromatic N) is 4. The van der Waals surface area contributed by atoms with Crippen LogP contribution in [0.1, 0.15) is 47.4 Å². The lowest BCUT2D eigenvalue weighted by atomic mass is 10.0. The number of piperazine rings is 1. The summed E-state index contributed by atoms with van der Waals surface area (Å²) in [6.45, 7) is 6.00. The van der Waals surface area contributed by atoms with Crippen molar-refractivity contribution >= 4 is 45.8 Å². The molecule has 1 aliphatic carbocycles. The van der Waals surface area contributed by atoms with Crippen LogP contribution < -0.4 is 4.90 Å². The van der Waals surface area contributed by atoms with Gasteiger partial charge in [0.25, 0.3) is 0 Å². The molecule has 0 radical (unpaired) electrons. The lowest BCUT2D eigenvalue weighted by molar-refractivity contribution is 0.0602. The Morgan fingerprint density at radius 1 is 1.15 bits per heavy atom. The highest BCUT2D eigenvalue weighted by molar-refractivity contribution is 6.39. The highest BCUT2D eigenvalue weighted by Gasteiger charge is 2.34. The molecule has 7 nitrogen and oxygen atoms in total. The van der Waals surface area contributed by atoms with Gasteiger partial charge in [-0.2, -0.15) is 0 Å². The van der Waals surface area contributed by atoms with Crippen molar-refractivity contribution in [1.82, 2.24) is 14.6 Å². The molecule has 6 rings (SSSR count). The Hall–Kier alpha value is -3.00. The van der Waals surface area contributed by atoms with Crippen molar-refractivity contribution in [2.45, 2.75) is 38.1 Å². The first-order chi connectivity index (χ1) is 18.9. The minimum absolute atomic E-state index is 0.312. The van der Waals surface area contributed by atoms with E-state index in [1.165, 1.54) is 7.11 Å². The van der Waals surface area contributed by atoms with Crippen LogP contribution in [0, 0.1) is 0 Å². The number of hydrogen-bond acceptors (Lipinski definition) is 6. The van der Waals surface area contributed by atoms with Crippen LogP contribution in [0.3, 0.4) is 0 Å². The second-order valence-corrected chi connectivity index (χ2v) is 11.5. The second-order valence-electron chi connectivity index (χ2n) is 10.7. The number of aryl methyl sites for hydroxylation is 1. The van der Waals surface area contributed by atoms with Gasteiger partial charge in [0.05, 0.1) is 28.2 Å². The molecule has 9 heteroatoms.